The topological polar surface area (TPSA) is 65.5 Å². The number of pyridine rings is 1. The maximum Gasteiger partial charge on any atom is 0.272 e. The Morgan fingerprint density at radius 1 is 1.43 bits per heavy atom. The molecule has 1 aliphatic rings. The van der Waals surface area contributed by atoms with Gasteiger partial charge in [-0.3, -0.25) is 4.79 Å². The van der Waals surface area contributed by atoms with Gasteiger partial charge in [0.05, 0.1) is 12.1 Å². The molecule has 21 heavy (non-hydrogen) atoms. The van der Waals surface area contributed by atoms with E-state index in [-0.39, 0.29) is 11.9 Å². The molecular formula is C16H25N3O2. The number of carbonyl (C=O) groups excluding carboxylic acids is 1. The molecule has 1 aromatic heterocycles. The number of amides is 1. The molecule has 2 N–H and O–H groups in total. The summed E-state index contributed by atoms with van der Waals surface area (Å²) >= 11 is 0. The van der Waals surface area contributed by atoms with E-state index in [4.69, 9.17) is 0 Å². The number of rotatable bonds is 5. The third kappa shape index (κ3) is 3.94. The highest BCUT2D eigenvalue weighted by molar-refractivity contribution is 5.92. The first-order chi connectivity index (χ1) is 10.1. The Labute approximate surface area is 126 Å². The highest BCUT2D eigenvalue weighted by Crippen LogP contribution is 2.23. The number of hydrogen-bond acceptors (Lipinski definition) is 4. The molecule has 0 radical (unpaired) electrons. The molecule has 5 nitrogen and oxygen atoms in total. The number of aliphatic hydroxyl groups excluding tert-OH is 1. The predicted octanol–water partition coefficient (Wildman–Crippen LogP) is 2.28. The molecule has 1 aromatic rings. The first kappa shape index (κ1) is 15.8. The minimum atomic E-state index is -0.422. The summed E-state index contributed by atoms with van der Waals surface area (Å²) in [5.41, 5.74) is 0.427. The van der Waals surface area contributed by atoms with E-state index in [0.717, 1.165) is 44.5 Å². The van der Waals surface area contributed by atoms with Crippen LogP contribution in [0.25, 0.3) is 0 Å². The molecule has 0 aromatic carbocycles. The van der Waals surface area contributed by atoms with Crippen LogP contribution in [0, 0.1) is 0 Å². The second-order valence-electron chi connectivity index (χ2n) is 5.67. The van der Waals surface area contributed by atoms with Crippen LogP contribution in [0.15, 0.2) is 18.2 Å². The molecule has 0 aliphatic heterocycles. The van der Waals surface area contributed by atoms with E-state index in [1.807, 2.05) is 12.1 Å². The van der Waals surface area contributed by atoms with Crippen LogP contribution in [0.5, 0.6) is 0 Å². The summed E-state index contributed by atoms with van der Waals surface area (Å²) < 4.78 is 0. The van der Waals surface area contributed by atoms with E-state index >= 15 is 0 Å². The van der Waals surface area contributed by atoms with Crippen LogP contribution in [0.4, 0.5) is 5.82 Å². The number of nitrogens with zero attached hydrogens (tertiary/aromatic N) is 2. The largest absolute Gasteiger partial charge is 0.391 e. The van der Waals surface area contributed by atoms with Crippen LogP contribution in [0.1, 0.15) is 49.5 Å². The van der Waals surface area contributed by atoms with Crippen LogP contribution in [0.2, 0.25) is 0 Å². The van der Waals surface area contributed by atoms with Crippen LogP contribution >= 0.6 is 0 Å². The quantitative estimate of drug-likeness (QED) is 0.873. The molecule has 1 heterocycles. The van der Waals surface area contributed by atoms with Crippen LogP contribution in [-0.2, 0) is 0 Å². The van der Waals surface area contributed by atoms with E-state index in [1.54, 1.807) is 18.0 Å². The molecule has 2 rings (SSSR count). The Bertz CT molecular complexity index is 478. The smallest absolute Gasteiger partial charge is 0.272 e. The highest BCUT2D eigenvalue weighted by atomic mass is 16.3. The number of nitrogens with one attached hydrogen (secondary N) is 1. The van der Waals surface area contributed by atoms with Gasteiger partial charge in [-0.15, -0.1) is 0 Å². The predicted molar refractivity (Wildman–Crippen MR) is 83.4 cm³/mol. The van der Waals surface area contributed by atoms with Crippen molar-refractivity contribution in [2.24, 2.45) is 0 Å². The summed E-state index contributed by atoms with van der Waals surface area (Å²) in [6.45, 7) is 2.92. The fraction of sp³-hybridized carbons (Fsp3) is 0.625. The van der Waals surface area contributed by atoms with Gasteiger partial charge >= 0.3 is 0 Å². The molecule has 1 amide bonds. The lowest BCUT2D eigenvalue weighted by Gasteiger charge is -2.35. The van der Waals surface area contributed by atoms with Crippen molar-refractivity contribution in [2.75, 3.05) is 18.9 Å². The van der Waals surface area contributed by atoms with Gasteiger partial charge in [-0.1, -0.05) is 25.8 Å². The van der Waals surface area contributed by atoms with Crippen molar-refractivity contribution < 1.29 is 9.90 Å². The van der Waals surface area contributed by atoms with Crippen molar-refractivity contribution >= 4 is 11.7 Å². The standard InChI is InChI=1S/C16H25N3O2/c1-3-11-17-15-10-6-7-12(18-15)16(21)19(2)13-8-4-5-9-14(13)20/h6-7,10,13-14,20H,3-5,8-9,11H2,1-2H3,(H,17,18). The molecule has 1 aliphatic carbocycles. The number of aliphatic hydroxyl groups is 1. The Balaban J connectivity index is 2.07. The number of aromatic nitrogens is 1. The van der Waals surface area contributed by atoms with Gasteiger partial charge in [0.2, 0.25) is 0 Å². The number of anilines is 1. The van der Waals surface area contributed by atoms with Gasteiger partial charge in [0.1, 0.15) is 11.5 Å². The highest BCUT2D eigenvalue weighted by Gasteiger charge is 2.30. The van der Waals surface area contributed by atoms with E-state index in [0.29, 0.717) is 5.69 Å². The molecule has 1 fully saturated rings. The fourth-order valence-electron chi connectivity index (χ4n) is 2.78. The van der Waals surface area contributed by atoms with Crippen LogP contribution < -0.4 is 5.32 Å². The van der Waals surface area contributed by atoms with E-state index < -0.39 is 6.10 Å². The van der Waals surface area contributed by atoms with Gasteiger partial charge in [-0.05, 0) is 31.4 Å². The average molecular weight is 291 g/mol. The normalized spacial score (nSPS) is 21.9. The lowest BCUT2D eigenvalue weighted by molar-refractivity contribution is 0.0264. The summed E-state index contributed by atoms with van der Waals surface area (Å²) in [4.78, 5) is 18.6. The third-order valence-electron chi connectivity index (χ3n) is 4.04. The molecule has 5 heteroatoms. The summed E-state index contributed by atoms with van der Waals surface area (Å²) in [6.07, 6.45) is 4.31. The molecule has 0 spiro atoms. The zero-order chi connectivity index (χ0) is 15.2. The van der Waals surface area contributed by atoms with Crippen molar-refractivity contribution in [3.8, 4) is 0 Å². The molecule has 0 saturated heterocycles. The van der Waals surface area contributed by atoms with E-state index in [2.05, 4.69) is 17.2 Å². The lowest BCUT2D eigenvalue weighted by atomic mass is 9.91. The van der Waals surface area contributed by atoms with Gasteiger partial charge in [-0.25, -0.2) is 4.98 Å². The van der Waals surface area contributed by atoms with E-state index in [1.165, 1.54) is 0 Å². The van der Waals surface area contributed by atoms with Crippen molar-refractivity contribution in [1.29, 1.82) is 0 Å². The van der Waals surface area contributed by atoms with Gasteiger partial charge in [0.15, 0.2) is 0 Å². The monoisotopic (exact) mass is 291 g/mol. The molecular weight excluding hydrogens is 266 g/mol. The second-order valence-corrected chi connectivity index (χ2v) is 5.67. The van der Waals surface area contributed by atoms with Gasteiger partial charge in [0.25, 0.3) is 5.91 Å². The second kappa shape index (κ2) is 7.41. The molecule has 2 atom stereocenters. The molecule has 0 bridgehead atoms. The zero-order valence-corrected chi connectivity index (χ0v) is 12.9. The van der Waals surface area contributed by atoms with Gasteiger partial charge in [0, 0.05) is 13.6 Å². The Morgan fingerprint density at radius 2 is 2.19 bits per heavy atom. The first-order valence-corrected chi connectivity index (χ1v) is 7.79. The minimum Gasteiger partial charge on any atom is -0.391 e. The van der Waals surface area contributed by atoms with Crippen molar-refractivity contribution in [3.05, 3.63) is 23.9 Å². The maximum absolute atomic E-state index is 12.5. The third-order valence-corrected chi connectivity index (χ3v) is 4.04. The van der Waals surface area contributed by atoms with Crippen molar-refractivity contribution in [3.63, 3.8) is 0 Å². The number of likely N-dealkylation sites (N-methyl/N-ethyl adjacent to an activating group) is 1. The van der Waals surface area contributed by atoms with Crippen LogP contribution in [-0.4, -0.2) is 46.6 Å². The summed E-state index contributed by atoms with van der Waals surface area (Å²) in [5.74, 6) is 0.599. The lowest BCUT2D eigenvalue weighted by Crippen LogP contribution is -2.46. The van der Waals surface area contributed by atoms with Crippen LogP contribution in [0.3, 0.4) is 0 Å². The SMILES string of the molecule is CCCNc1cccc(C(=O)N(C)C2CCCCC2O)n1. The summed E-state index contributed by atoms with van der Waals surface area (Å²) in [6, 6.07) is 5.33. The van der Waals surface area contributed by atoms with Crippen molar-refractivity contribution in [2.45, 2.75) is 51.2 Å². The van der Waals surface area contributed by atoms with Gasteiger partial charge < -0.3 is 15.3 Å². The van der Waals surface area contributed by atoms with E-state index in [9.17, 15) is 9.90 Å². The zero-order valence-electron chi connectivity index (χ0n) is 12.9. The van der Waals surface area contributed by atoms with Gasteiger partial charge in [-0.2, -0.15) is 0 Å². The maximum atomic E-state index is 12.5. The molecule has 2 unspecified atom stereocenters. The number of hydrogen-bond donors (Lipinski definition) is 2. The average Bonchev–Trinajstić information content (AvgIpc) is 2.52. The fourth-order valence-corrected chi connectivity index (χ4v) is 2.78. The first-order valence-electron chi connectivity index (χ1n) is 7.79. The summed E-state index contributed by atoms with van der Waals surface area (Å²) in [5, 5.41) is 13.3. The molecule has 1 saturated carbocycles. The Morgan fingerprint density at radius 3 is 2.90 bits per heavy atom. The minimum absolute atomic E-state index is 0.0969. The Kier molecular flexibility index (Phi) is 5.56. The number of carbonyl (C=O) groups is 1. The summed E-state index contributed by atoms with van der Waals surface area (Å²) in [7, 11) is 1.76. The molecule has 116 valence electrons. The Hall–Kier alpha value is -1.62. The van der Waals surface area contributed by atoms with Crippen molar-refractivity contribution in [1.82, 2.24) is 9.88 Å².